The van der Waals surface area contributed by atoms with E-state index < -0.39 is 0 Å². The topological polar surface area (TPSA) is 21.3 Å². The summed E-state index contributed by atoms with van der Waals surface area (Å²) in [5.41, 5.74) is 2.32. The summed E-state index contributed by atoms with van der Waals surface area (Å²) in [5.74, 6) is 0.910. The minimum Gasteiger partial charge on any atom is -0.494 e. The smallest absolute Gasteiger partial charge is 0.119 e. The number of nitrogens with one attached hydrogen (secondary N) is 1. The molecule has 2 rings (SSSR count). The van der Waals surface area contributed by atoms with E-state index in [1.807, 2.05) is 49.4 Å². The summed E-state index contributed by atoms with van der Waals surface area (Å²) in [6, 6.07) is 18.3. The van der Waals surface area contributed by atoms with Crippen LogP contribution in [0.25, 0.3) is 6.08 Å². The average molecular weight is 253 g/mol. The lowest BCUT2D eigenvalue weighted by Crippen LogP contribution is -1.98. The van der Waals surface area contributed by atoms with Crippen LogP contribution < -0.4 is 10.1 Å². The summed E-state index contributed by atoms with van der Waals surface area (Å²) in [6.45, 7) is 3.50. The van der Waals surface area contributed by atoms with E-state index in [9.17, 15) is 0 Å². The Balaban J connectivity index is 1.81. The standard InChI is InChI=1S/C17H19NO/c1-2-19-17-12-10-16(11-13-17)18-14-6-9-15-7-4-3-5-8-15/h3-13,18H,2,14H2,1H3. The Labute approximate surface area is 114 Å². The summed E-state index contributed by atoms with van der Waals surface area (Å²) in [7, 11) is 0. The summed E-state index contributed by atoms with van der Waals surface area (Å²) in [6.07, 6.45) is 4.23. The molecule has 19 heavy (non-hydrogen) atoms. The van der Waals surface area contributed by atoms with Crippen molar-refractivity contribution in [2.45, 2.75) is 6.92 Å². The van der Waals surface area contributed by atoms with Crippen LogP contribution >= 0.6 is 0 Å². The Morgan fingerprint density at radius 3 is 2.42 bits per heavy atom. The van der Waals surface area contributed by atoms with Gasteiger partial charge >= 0.3 is 0 Å². The van der Waals surface area contributed by atoms with Crippen LogP contribution in [0.3, 0.4) is 0 Å². The number of ether oxygens (including phenoxy) is 1. The number of benzene rings is 2. The maximum absolute atomic E-state index is 5.40. The third-order valence-electron chi connectivity index (χ3n) is 2.70. The van der Waals surface area contributed by atoms with Gasteiger partial charge in [-0.1, -0.05) is 42.5 Å². The molecule has 0 unspecified atom stereocenters. The fraction of sp³-hybridized carbons (Fsp3) is 0.176. The molecule has 0 aliphatic carbocycles. The fourth-order valence-electron chi connectivity index (χ4n) is 1.77. The van der Waals surface area contributed by atoms with Crippen molar-refractivity contribution in [3.8, 4) is 5.75 Å². The van der Waals surface area contributed by atoms with Gasteiger partial charge < -0.3 is 10.1 Å². The van der Waals surface area contributed by atoms with Crippen LogP contribution in [0, 0.1) is 0 Å². The summed E-state index contributed by atoms with van der Waals surface area (Å²) in [4.78, 5) is 0. The second-order valence-electron chi connectivity index (χ2n) is 4.15. The number of hydrogen-bond donors (Lipinski definition) is 1. The Morgan fingerprint density at radius 2 is 1.74 bits per heavy atom. The second kappa shape index (κ2) is 7.27. The van der Waals surface area contributed by atoms with Crippen LogP contribution in [-0.2, 0) is 0 Å². The highest BCUT2D eigenvalue weighted by Gasteiger charge is 1.92. The van der Waals surface area contributed by atoms with E-state index in [4.69, 9.17) is 4.74 Å². The van der Waals surface area contributed by atoms with Gasteiger partial charge in [0.05, 0.1) is 6.61 Å². The van der Waals surface area contributed by atoms with Crippen molar-refractivity contribution in [2.75, 3.05) is 18.5 Å². The maximum Gasteiger partial charge on any atom is 0.119 e. The lowest BCUT2D eigenvalue weighted by molar-refractivity contribution is 0.340. The summed E-state index contributed by atoms with van der Waals surface area (Å²) >= 11 is 0. The Bertz CT molecular complexity index is 503. The van der Waals surface area contributed by atoms with E-state index in [-0.39, 0.29) is 0 Å². The lowest BCUT2D eigenvalue weighted by Gasteiger charge is -2.06. The zero-order valence-corrected chi connectivity index (χ0v) is 11.2. The third-order valence-corrected chi connectivity index (χ3v) is 2.70. The average Bonchev–Trinajstić information content (AvgIpc) is 2.47. The molecular formula is C17H19NO. The molecule has 0 atom stereocenters. The molecule has 98 valence electrons. The first-order chi connectivity index (χ1) is 9.38. The molecule has 2 aromatic rings. The zero-order valence-electron chi connectivity index (χ0n) is 11.2. The fourth-order valence-corrected chi connectivity index (χ4v) is 1.77. The van der Waals surface area contributed by atoms with Gasteiger partial charge in [0.2, 0.25) is 0 Å². The molecular weight excluding hydrogens is 234 g/mol. The molecule has 0 aliphatic rings. The molecule has 0 fully saturated rings. The van der Waals surface area contributed by atoms with Gasteiger partial charge in [-0.05, 0) is 36.8 Å². The van der Waals surface area contributed by atoms with Crippen molar-refractivity contribution in [2.24, 2.45) is 0 Å². The minimum absolute atomic E-state index is 0.701. The van der Waals surface area contributed by atoms with Crippen molar-refractivity contribution in [3.05, 3.63) is 66.2 Å². The predicted octanol–water partition coefficient (Wildman–Crippen LogP) is 4.21. The van der Waals surface area contributed by atoms with Crippen molar-refractivity contribution < 1.29 is 4.74 Å². The molecule has 0 aromatic heterocycles. The van der Waals surface area contributed by atoms with E-state index in [2.05, 4.69) is 29.6 Å². The van der Waals surface area contributed by atoms with Gasteiger partial charge in [0, 0.05) is 12.2 Å². The number of anilines is 1. The number of rotatable bonds is 6. The molecule has 0 spiro atoms. The first-order valence-electron chi connectivity index (χ1n) is 6.57. The third kappa shape index (κ3) is 4.51. The molecule has 0 saturated heterocycles. The molecule has 2 nitrogen and oxygen atoms in total. The monoisotopic (exact) mass is 253 g/mol. The van der Waals surface area contributed by atoms with Gasteiger partial charge in [0.15, 0.2) is 0 Å². The molecule has 0 heterocycles. The van der Waals surface area contributed by atoms with Crippen LogP contribution in [-0.4, -0.2) is 13.2 Å². The van der Waals surface area contributed by atoms with E-state index in [0.29, 0.717) is 6.61 Å². The first-order valence-corrected chi connectivity index (χ1v) is 6.57. The molecule has 0 radical (unpaired) electrons. The molecule has 0 saturated carbocycles. The van der Waals surface area contributed by atoms with Crippen LogP contribution in [0.4, 0.5) is 5.69 Å². The lowest BCUT2D eigenvalue weighted by atomic mass is 10.2. The maximum atomic E-state index is 5.40. The van der Waals surface area contributed by atoms with Crippen molar-refractivity contribution in [1.29, 1.82) is 0 Å². The molecule has 1 N–H and O–H groups in total. The van der Waals surface area contributed by atoms with E-state index in [1.165, 1.54) is 5.56 Å². The Hall–Kier alpha value is -2.22. The van der Waals surface area contributed by atoms with Gasteiger partial charge in [0.1, 0.15) is 5.75 Å². The molecule has 0 bridgehead atoms. The van der Waals surface area contributed by atoms with Crippen molar-refractivity contribution >= 4 is 11.8 Å². The zero-order chi connectivity index (χ0) is 13.3. The largest absolute Gasteiger partial charge is 0.494 e. The SMILES string of the molecule is CCOc1ccc(NCC=Cc2ccccc2)cc1. The summed E-state index contributed by atoms with van der Waals surface area (Å²) < 4.78 is 5.40. The van der Waals surface area contributed by atoms with Crippen LogP contribution in [0.15, 0.2) is 60.7 Å². The highest BCUT2D eigenvalue weighted by molar-refractivity contribution is 5.51. The van der Waals surface area contributed by atoms with Crippen molar-refractivity contribution in [3.63, 3.8) is 0 Å². The summed E-state index contributed by atoms with van der Waals surface area (Å²) in [5, 5.41) is 3.34. The van der Waals surface area contributed by atoms with Gasteiger partial charge in [-0.3, -0.25) is 0 Å². The minimum atomic E-state index is 0.701. The van der Waals surface area contributed by atoms with Crippen LogP contribution in [0.2, 0.25) is 0 Å². The Kier molecular flexibility index (Phi) is 5.06. The quantitative estimate of drug-likeness (QED) is 0.832. The second-order valence-corrected chi connectivity index (χ2v) is 4.15. The van der Waals surface area contributed by atoms with Crippen molar-refractivity contribution in [1.82, 2.24) is 0 Å². The molecule has 0 amide bonds. The highest BCUT2D eigenvalue weighted by atomic mass is 16.5. The highest BCUT2D eigenvalue weighted by Crippen LogP contribution is 2.15. The van der Waals surface area contributed by atoms with E-state index in [0.717, 1.165) is 18.0 Å². The molecule has 2 aromatic carbocycles. The normalized spacial score (nSPS) is 10.6. The first kappa shape index (κ1) is 13.2. The van der Waals surface area contributed by atoms with Crippen LogP contribution in [0.1, 0.15) is 12.5 Å². The van der Waals surface area contributed by atoms with E-state index >= 15 is 0 Å². The van der Waals surface area contributed by atoms with Gasteiger partial charge in [0.25, 0.3) is 0 Å². The van der Waals surface area contributed by atoms with Gasteiger partial charge in [-0.25, -0.2) is 0 Å². The van der Waals surface area contributed by atoms with E-state index in [1.54, 1.807) is 0 Å². The Morgan fingerprint density at radius 1 is 1.00 bits per heavy atom. The van der Waals surface area contributed by atoms with Crippen LogP contribution in [0.5, 0.6) is 5.75 Å². The van der Waals surface area contributed by atoms with Gasteiger partial charge in [-0.15, -0.1) is 0 Å². The molecule has 0 aliphatic heterocycles. The van der Waals surface area contributed by atoms with Gasteiger partial charge in [-0.2, -0.15) is 0 Å². The number of hydrogen-bond acceptors (Lipinski definition) is 2. The predicted molar refractivity (Wildman–Crippen MR) is 81.6 cm³/mol. The molecule has 2 heteroatoms.